The van der Waals surface area contributed by atoms with Gasteiger partial charge in [0.25, 0.3) is 5.91 Å². The average molecular weight is 240 g/mol. The molecular weight excluding hydrogens is 224 g/mol. The third-order valence-corrected chi connectivity index (χ3v) is 2.56. The Bertz CT molecular complexity index is 379. The van der Waals surface area contributed by atoms with Crippen molar-refractivity contribution in [2.75, 3.05) is 32.1 Å². The second-order valence-electron chi connectivity index (χ2n) is 3.85. The van der Waals surface area contributed by atoms with Crippen LogP contribution in [-0.4, -0.2) is 48.2 Å². The Morgan fingerprint density at radius 2 is 2.53 bits per heavy atom. The number of nitrogens with two attached hydrogens (primary N) is 1. The number of aromatic nitrogens is 2. The molecule has 1 fully saturated rings. The van der Waals surface area contributed by atoms with Crippen molar-refractivity contribution in [3.05, 3.63) is 11.9 Å². The Hall–Kier alpha value is -1.60. The van der Waals surface area contributed by atoms with E-state index in [1.807, 2.05) is 0 Å². The van der Waals surface area contributed by atoms with Gasteiger partial charge in [0.2, 0.25) is 0 Å². The molecule has 1 unspecified atom stereocenters. The highest BCUT2D eigenvalue weighted by molar-refractivity contribution is 5.97. The van der Waals surface area contributed by atoms with Gasteiger partial charge in [0.05, 0.1) is 37.8 Å². The molecule has 0 aliphatic carbocycles. The van der Waals surface area contributed by atoms with Gasteiger partial charge >= 0.3 is 0 Å². The zero-order valence-corrected chi connectivity index (χ0v) is 9.68. The number of amides is 1. The van der Waals surface area contributed by atoms with Crippen LogP contribution in [-0.2, 0) is 16.5 Å². The maximum absolute atomic E-state index is 11.8. The van der Waals surface area contributed by atoms with E-state index in [1.165, 1.54) is 10.9 Å². The molecule has 1 aliphatic rings. The van der Waals surface area contributed by atoms with Crippen LogP contribution in [0.5, 0.6) is 0 Å². The van der Waals surface area contributed by atoms with Crippen molar-refractivity contribution in [2.45, 2.75) is 6.10 Å². The average Bonchev–Trinajstić information content (AvgIpc) is 2.67. The maximum Gasteiger partial charge on any atom is 0.271 e. The molecule has 0 bridgehead atoms. The number of ether oxygens (including phenoxy) is 2. The lowest BCUT2D eigenvalue weighted by atomic mass is 10.3. The number of anilines is 1. The van der Waals surface area contributed by atoms with E-state index in [1.54, 1.807) is 7.05 Å². The summed E-state index contributed by atoms with van der Waals surface area (Å²) in [7, 11) is 1.67. The molecule has 1 saturated heterocycles. The van der Waals surface area contributed by atoms with Crippen LogP contribution in [0, 0.1) is 0 Å². The van der Waals surface area contributed by atoms with Gasteiger partial charge in [-0.25, -0.2) is 0 Å². The summed E-state index contributed by atoms with van der Waals surface area (Å²) < 4.78 is 12.1. The molecule has 1 aliphatic heterocycles. The first-order valence-corrected chi connectivity index (χ1v) is 5.43. The third kappa shape index (κ3) is 2.75. The summed E-state index contributed by atoms with van der Waals surface area (Å²) in [6, 6.07) is 0. The molecule has 0 radical (unpaired) electrons. The van der Waals surface area contributed by atoms with Crippen LogP contribution < -0.4 is 11.1 Å². The monoisotopic (exact) mass is 240 g/mol. The number of nitrogens with one attached hydrogen (secondary N) is 1. The van der Waals surface area contributed by atoms with E-state index < -0.39 is 0 Å². The molecule has 2 heterocycles. The first-order valence-electron chi connectivity index (χ1n) is 5.43. The predicted octanol–water partition coefficient (Wildman–Crippen LogP) is -0.852. The summed E-state index contributed by atoms with van der Waals surface area (Å²) in [5.41, 5.74) is 6.38. The number of rotatable bonds is 3. The topological polar surface area (TPSA) is 91.4 Å². The Labute approximate surface area is 98.9 Å². The first-order chi connectivity index (χ1) is 8.18. The highest BCUT2D eigenvalue weighted by atomic mass is 16.6. The van der Waals surface area contributed by atoms with E-state index in [0.717, 1.165) is 0 Å². The predicted molar refractivity (Wildman–Crippen MR) is 60.5 cm³/mol. The van der Waals surface area contributed by atoms with Gasteiger partial charge < -0.3 is 20.5 Å². The second-order valence-corrected chi connectivity index (χ2v) is 3.85. The minimum absolute atomic E-state index is 0.0952. The van der Waals surface area contributed by atoms with Gasteiger partial charge in [-0.2, -0.15) is 5.10 Å². The molecule has 0 spiro atoms. The minimum Gasteiger partial charge on any atom is -0.396 e. The van der Waals surface area contributed by atoms with Crippen molar-refractivity contribution in [1.29, 1.82) is 0 Å². The molecule has 1 aromatic heterocycles. The standard InChI is InChI=1S/C10H16N4O3/c1-14-9(8(11)5-13-14)10(15)12-4-7-6-16-2-3-17-7/h5,7H,2-4,6,11H2,1H3,(H,12,15). The number of hydrogen-bond acceptors (Lipinski definition) is 5. The summed E-state index contributed by atoms with van der Waals surface area (Å²) in [5, 5.41) is 6.66. The van der Waals surface area contributed by atoms with Crippen molar-refractivity contribution in [3.63, 3.8) is 0 Å². The normalized spacial score (nSPS) is 20.2. The Morgan fingerprint density at radius 1 is 1.71 bits per heavy atom. The molecule has 0 aromatic carbocycles. The van der Waals surface area contributed by atoms with Crippen LogP contribution in [0.1, 0.15) is 10.5 Å². The van der Waals surface area contributed by atoms with E-state index in [4.69, 9.17) is 15.2 Å². The lowest BCUT2D eigenvalue weighted by Crippen LogP contribution is -2.40. The van der Waals surface area contributed by atoms with Crippen molar-refractivity contribution in [2.24, 2.45) is 7.05 Å². The fraction of sp³-hybridized carbons (Fsp3) is 0.600. The van der Waals surface area contributed by atoms with E-state index in [9.17, 15) is 4.79 Å². The van der Waals surface area contributed by atoms with E-state index in [-0.39, 0.29) is 12.0 Å². The highest BCUT2D eigenvalue weighted by Crippen LogP contribution is 2.08. The lowest BCUT2D eigenvalue weighted by Gasteiger charge is -2.23. The van der Waals surface area contributed by atoms with Gasteiger partial charge in [0.15, 0.2) is 0 Å². The Morgan fingerprint density at radius 3 is 3.12 bits per heavy atom. The van der Waals surface area contributed by atoms with Crippen molar-refractivity contribution < 1.29 is 14.3 Å². The van der Waals surface area contributed by atoms with Gasteiger partial charge in [-0.05, 0) is 0 Å². The summed E-state index contributed by atoms with van der Waals surface area (Å²) in [5.74, 6) is -0.253. The molecule has 0 saturated carbocycles. The van der Waals surface area contributed by atoms with Crippen molar-refractivity contribution in [3.8, 4) is 0 Å². The zero-order valence-electron chi connectivity index (χ0n) is 9.68. The number of hydrogen-bond donors (Lipinski definition) is 2. The lowest BCUT2D eigenvalue weighted by molar-refractivity contribution is -0.0855. The molecule has 3 N–H and O–H groups in total. The number of carbonyl (C=O) groups is 1. The number of nitrogens with zero attached hydrogens (tertiary/aromatic N) is 2. The summed E-state index contributed by atoms with van der Waals surface area (Å²) in [4.78, 5) is 11.8. The molecule has 94 valence electrons. The summed E-state index contributed by atoms with van der Waals surface area (Å²) in [6.07, 6.45) is 1.36. The van der Waals surface area contributed by atoms with Crippen molar-refractivity contribution in [1.82, 2.24) is 15.1 Å². The van der Waals surface area contributed by atoms with E-state index >= 15 is 0 Å². The van der Waals surface area contributed by atoms with Crippen LogP contribution in [0.15, 0.2) is 6.20 Å². The van der Waals surface area contributed by atoms with Crippen LogP contribution in [0.4, 0.5) is 5.69 Å². The van der Waals surface area contributed by atoms with Crippen LogP contribution >= 0.6 is 0 Å². The van der Waals surface area contributed by atoms with Gasteiger partial charge in [-0.15, -0.1) is 0 Å². The van der Waals surface area contributed by atoms with Gasteiger partial charge in [0.1, 0.15) is 5.69 Å². The molecule has 17 heavy (non-hydrogen) atoms. The molecule has 7 heteroatoms. The van der Waals surface area contributed by atoms with Crippen LogP contribution in [0.3, 0.4) is 0 Å². The Kier molecular flexibility index (Phi) is 3.60. The molecule has 2 rings (SSSR count). The molecule has 1 atom stereocenters. The zero-order chi connectivity index (χ0) is 12.3. The SMILES string of the molecule is Cn1ncc(N)c1C(=O)NCC1COCCO1. The molecule has 1 aromatic rings. The number of nitrogen functional groups attached to an aromatic ring is 1. The Balaban J connectivity index is 1.89. The largest absolute Gasteiger partial charge is 0.396 e. The number of aryl methyl sites for hydroxylation is 1. The first kappa shape index (κ1) is 11.9. The number of carbonyl (C=O) groups excluding carboxylic acids is 1. The summed E-state index contributed by atoms with van der Waals surface area (Å²) in [6.45, 7) is 2.08. The minimum atomic E-state index is -0.253. The van der Waals surface area contributed by atoms with Gasteiger partial charge in [-0.3, -0.25) is 9.48 Å². The van der Waals surface area contributed by atoms with Gasteiger partial charge in [0, 0.05) is 13.6 Å². The molecule has 7 nitrogen and oxygen atoms in total. The van der Waals surface area contributed by atoms with Gasteiger partial charge in [-0.1, -0.05) is 0 Å². The fourth-order valence-electron chi connectivity index (χ4n) is 1.68. The fourth-order valence-corrected chi connectivity index (χ4v) is 1.68. The molecular formula is C10H16N4O3. The third-order valence-electron chi connectivity index (χ3n) is 2.56. The van der Waals surface area contributed by atoms with Crippen molar-refractivity contribution >= 4 is 11.6 Å². The highest BCUT2D eigenvalue weighted by Gasteiger charge is 2.18. The molecule has 1 amide bonds. The van der Waals surface area contributed by atoms with E-state index in [2.05, 4.69) is 10.4 Å². The summed E-state index contributed by atoms with van der Waals surface area (Å²) >= 11 is 0. The van der Waals surface area contributed by atoms with Crippen LogP contribution in [0.2, 0.25) is 0 Å². The smallest absolute Gasteiger partial charge is 0.271 e. The van der Waals surface area contributed by atoms with E-state index in [0.29, 0.717) is 37.7 Å². The van der Waals surface area contributed by atoms with Crippen LogP contribution in [0.25, 0.3) is 0 Å². The second kappa shape index (κ2) is 5.15. The quantitative estimate of drug-likeness (QED) is 0.718. The maximum atomic E-state index is 11.8.